The molecule has 0 spiro atoms. The second kappa shape index (κ2) is 15.5. The van der Waals surface area contributed by atoms with Gasteiger partial charge in [0.1, 0.15) is 0 Å². The summed E-state index contributed by atoms with van der Waals surface area (Å²) in [4.78, 5) is 4.88. The molecule has 66 heavy (non-hydrogen) atoms. The molecule has 2 heteroatoms. The predicted octanol–water partition coefficient (Wildman–Crippen LogP) is 17.6. The van der Waals surface area contributed by atoms with E-state index in [-0.39, 0.29) is 10.8 Å². The minimum atomic E-state index is -0.180. The SMILES string of the molecule is CC1(C)c2cc(/C=C/c3ccc4c(c3)C(C)(C)c3cc(N(c5ccccc5)c5cccc6ccccc56)ccc3-4)ccc2-c2ccc(N(C3=CCCC=C3)c3cccc4ccccc34)cc21. The van der Waals surface area contributed by atoms with Gasteiger partial charge in [0.25, 0.3) is 0 Å². The highest BCUT2D eigenvalue weighted by Crippen LogP contribution is 2.53. The Morgan fingerprint density at radius 3 is 1.38 bits per heavy atom. The van der Waals surface area contributed by atoms with Gasteiger partial charge in [-0.25, -0.2) is 0 Å². The zero-order valence-corrected chi connectivity index (χ0v) is 38.1. The van der Waals surface area contributed by atoms with E-state index in [1.165, 1.54) is 99.9 Å². The number of anilines is 5. The summed E-state index contributed by atoms with van der Waals surface area (Å²) >= 11 is 0. The summed E-state index contributed by atoms with van der Waals surface area (Å²) in [6.45, 7) is 9.55. The normalized spacial score (nSPS) is 15.1. The van der Waals surface area contributed by atoms with Crippen molar-refractivity contribution in [3.63, 3.8) is 0 Å². The Morgan fingerprint density at radius 2 is 0.848 bits per heavy atom. The maximum absolute atomic E-state index is 2.46. The van der Waals surface area contributed by atoms with E-state index in [9.17, 15) is 0 Å². The third-order valence-electron chi connectivity index (χ3n) is 14.6. The average Bonchev–Trinajstić information content (AvgIpc) is 3.72. The molecular formula is C64H52N2. The summed E-state index contributed by atoms with van der Waals surface area (Å²) in [6.07, 6.45) is 13.7. The van der Waals surface area contributed by atoms with Gasteiger partial charge in [0.05, 0.1) is 11.4 Å². The van der Waals surface area contributed by atoms with Crippen molar-refractivity contribution in [1.29, 1.82) is 0 Å². The van der Waals surface area contributed by atoms with Gasteiger partial charge in [-0.05, 0) is 134 Å². The highest BCUT2D eigenvalue weighted by molar-refractivity contribution is 6.00. The second-order valence-corrected chi connectivity index (χ2v) is 19.3. The molecule has 9 aromatic carbocycles. The van der Waals surface area contributed by atoms with Gasteiger partial charge in [0.2, 0.25) is 0 Å². The lowest BCUT2D eigenvalue weighted by atomic mass is 9.81. The van der Waals surface area contributed by atoms with Crippen molar-refractivity contribution in [1.82, 2.24) is 0 Å². The van der Waals surface area contributed by atoms with Crippen LogP contribution in [0.15, 0.2) is 212 Å². The Kier molecular flexibility index (Phi) is 9.36. The van der Waals surface area contributed by atoms with Crippen LogP contribution in [0.4, 0.5) is 28.4 Å². The van der Waals surface area contributed by atoms with Crippen LogP contribution in [0.1, 0.15) is 73.9 Å². The van der Waals surface area contributed by atoms with Gasteiger partial charge in [0.15, 0.2) is 0 Å². The van der Waals surface area contributed by atoms with E-state index in [0.717, 1.165) is 24.2 Å². The van der Waals surface area contributed by atoms with Crippen LogP contribution in [0, 0.1) is 0 Å². The van der Waals surface area contributed by atoms with Crippen LogP contribution in [0.2, 0.25) is 0 Å². The Labute approximate surface area is 389 Å². The maximum atomic E-state index is 2.46. The molecule has 0 saturated heterocycles. The lowest BCUT2D eigenvalue weighted by Crippen LogP contribution is -2.19. The van der Waals surface area contributed by atoms with Crippen LogP contribution in [0.5, 0.6) is 0 Å². The number of hydrogen-bond acceptors (Lipinski definition) is 2. The van der Waals surface area contributed by atoms with Gasteiger partial charge in [-0.15, -0.1) is 0 Å². The van der Waals surface area contributed by atoms with Crippen molar-refractivity contribution in [2.45, 2.75) is 51.4 Å². The van der Waals surface area contributed by atoms with Gasteiger partial charge < -0.3 is 9.80 Å². The smallest absolute Gasteiger partial charge is 0.0540 e. The van der Waals surface area contributed by atoms with E-state index in [1.807, 2.05) is 0 Å². The van der Waals surface area contributed by atoms with Crippen LogP contribution >= 0.6 is 0 Å². The quantitative estimate of drug-likeness (QED) is 0.141. The molecule has 0 atom stereocenters. The third-order valence-corrected chi connectivity index (χ3v) is 14.6. The Bertz CT molecular complexity index is 3480. The molecule has 3 aliphatic rings. The zero-order valence-electron chi connectivity index (χ0n) is 38.1. The molecule has 3 aliphatic carbocycles. The summed E-state index contributed by atoms with van der Waals surface area (Å²) in [6, 6.07) is 69.8. The fourth-order valence-electron chi connectivity index (χ4n) is 11.2. The van der Waals surface area contributed by atoms with Crippen molar-refractivity contribution in [2.75, 3.05) is 9.80 Å². The number of rotatable bonds is 8. The summed E-state index contributed by atoms with van der Waals surface area (Å²) < 4.78 is 0. The summed E-state index contributed by atoms with van der Waals surface area (Å²) in [5, 5.41) is 4.98. The van der Waals surface area contributed by atoms with Crippen LogP contribution in [0.25, 0.3) is 56.0 Å². The third kappa shape index (κ3) is 6.46. The summed E-state index contributed by atoms with van der Waals surface area (Å²) in [5.41, 5.74) is 20.0. The number of benzene rings is 9. The van der Waals surface area contributed by atoms with E-state index in [4.69, 9.17) is 0 Å². The molecule has 0 radical (unpaired) electrons. The molecule has 0 aliphatic heterocycles. The number of nitrogens with zero attached hydrogens (tertiary/aromatic N) is 2. The van der Waals surface area contributed by atoms with Crippen LogP contribution in [-0.4, -0.2) is 0 Å². The standard InChI is InChI=1S/C64H52N2/c1-63(2)57-39-43(31-35-53(57)55-37-33-49(41-59(55)63)65(47-21-7-5-8-22-47)61-27-15-19-45-17-11-13-25-51(45)61)29-30-44-32-36-54-56-38-34-50(42-60(56)64(3,4)58(54)40-44)66(48-23-9-6-10-24-48)62-28-16-20-46-18-12-14-26-52(46)62/h5,7-9,11-42H,6,10H2,1-4H3/b30-29+. The fourth-order valence-corrected chi connectivity index (χ4v) is 11.2. The van der Waals surface area contributed by atoms with E-state index < -0.39 is 0 Å². The van der Waals surface area contributed by atoms with E-state index in [0.29, 0.717) is 0 Å². The van der Waals surface area contributed by atoms with Crippen molar-refractivity contribution in [3.05, 3.63) is 245 Å². The fraction of sp³-hybridized carbons (Fsp3) is 0.125. The molecule has 0 bridgehead atoms. The van der Waals surface area contributed by atoms with Crippen molar-refractivity contribution in [3.8, 4) is 22.3 Å². The molecule has 0 aromatic heterocycles. The predicted molar refractivity (Wildman–Crippen MR) is 282 cm³/mol. The lowest BCUT2D eigenvalue weighted by molar-refractivity contribution is 0.660. The first kappa shape index (κ1) is 39.9. The first-order valence-corrected chi connectivity index (χ1v) is 23.5. The van der Waals surface area contributed by atoms with Gasteiger partial charge in [-0.1, -0.05) is 192 Å². The molecule has 0 amide bonds. The highest BCUT2D eigenvalue weighted by atomic mass is 15.2. The van der Waals surface area contributed by atoms with E-state index in [2.05, 4.69) is 256 Å². The zero-order chi connectivity index (χ0) is 44.6. The number of hydrogen-bond donors (Lipinski definition) is 0. The van der Waals surface area contributed by atoms with Gasteiger partial charge in [0, 0.05) is 44.4 Å². The number of para-hydroxylation sites is 1. The lowest BCUT2D eigenvalue weighted by Gasteiger charge is -2.30. The molecule has 0 N–H and O–H groups in total. The number of allylic oxidation sites excluding steroid dienone is 3. The van der Waals surface area contributed by atoms with E-state index in [1.54, 1.807) is 0 Å². The molecule has 0 saturated carbocycles. The Balaban J connectivity index is 0.851. The molecule has 0 fully saturated rings. The van der Waals surface area contributed by atoms with Crippen molar-refractivity contribution in [2.24, 2.45) is 0 Å². The molecule has 12 rings (SSSR count). The number of fused-ring (bicyclic) bond motifs is 8. The van der Waals surface area contributed by atoms with Crippen LogP contribution < -0.4 is 9.80 Å². The largest absolute Gasteiger partial charge is 0.310 e. The summed E-state index contributed by atoms with van der Waals surface area (Å²) in [5.74, 6) is 0. The monoisotopic (exact) mass is 848 g/mol. The van der Waals surface area contributed by atoms with Crippen LogP contribution in [-0.2, 0) is 10.8 Å². The topological polar surface area (TPSA) is 6.48 Å². The molecule has 318 valence electrons. The molecule has 0 heterocycles. The Hall–Kier alpha value is -7.68. The summed E-state index contributed by atoms with van der Waals surface area (Å²) in [7, 11) is 0. The van der Waals surface area contributed by atoms with Crippen molar-refractivity contribution < 1.29 is 0 Å². The highest BCUT2D eigenvalue weighted by Gasteiger charge is 2.38. The van der Waals surface area contributed by atoms with E-state index >= 15 is 0 Å². The Morgan fingerprint density at radius 1 is 0.394 bits per heavy atom. The average molecular weight is 849 g/mol. The molecular weight excluding hydrogens is 797 g/mol. The first-order chi connectivity index (χ1) is 32.2. The van der Waals surface area contributed by atoms with Gasteiger partial charge in [-0.2, -0.15) is 0 Å². The molecule has 2 nitrogen and oxygen atoms in total. The van der Waals surface area contributed by atoms with Gasteiger partial charge in [-0.3, -0.25) is 0 Å². The van der Waals surface area contributed by atoms with Gasteiger partial charge >= 0.3 is 0 Å². The maximum Gasteiger partial charge on any atom is 0.0540 e. The first-order valence-electron chi connectivity index (χ1n) is 23.5. The molecule has 0 unspecified atom stereocenters. The second-order valence-electron chi connectivity index (χ2n) is 19.3. The van der Waals surface area contributed by atoms with Crippen molar-refractivity contribution >= 4 is 62.1 Å². The minimum Gasteiger partial charge on any atom is -0.310 e. The minimum absolute atomic E-state index is 0.169. The molecule has 9 aromatic rings. The van der Waals surface area contributed by atoms with Crippen LogP contribution in [0.3, 0.4) is 0 Å².